The molecule has 3 heteroatoms. The zero-order valence-corrected chi connectivity index (χ0v) is 8.53. The number of carbonyl (C=O) groups is 1. The van der Waals surface area contributed by atoms with Crippen LogP contribution in [0.5, 0.6) is 0 Å². The van der Waals surface area contributed by atoms with Crippen molar-refractivity contribution >= 4 is 5.97 Å². The number of alkyl halides is 1. The van der Waals surface area contributed by atoms with Gasteiger partial charge in [-0.05, 0) is 30.9 Å². The molecule has 1 aromatic carbocycles. The standard InChI is InChI=1S/C12H13FO2/c1-8-4-2-3-5-9(8)10(13)12(6-7-12)11(14)15/h2-5,10H,6-7H2,1H3,(H,14,15). The molecule has 0 radical (unpaired) electrons. The molecular weight excluding hydrogens is 195 g/mol. The topological polar surface area (TPSA) is 37.3 Å². The molecule has 0 amide bonds. The van der Waals surface area contributed by atoms with Crippen LogP contribution in [0.15, 0.2) is 24.3 Å². The summed E-state index contributed by atoms with van der Waals surface area (Å²) in [5, 5.41) is 8.99. The van der Waals surface area contributed by atoms with Crippen molar-refractivity contribution in [2.75, 3.05) is 0 Å². The molecule has 1 aliphatic carbocycles. The monoisotopic (exact) mass is 208 g/mol. The molecule has 0 spiro atoms. The molecule has 2 rings (SSSR count). The van der Waals surface area contributed by atoms with E-state index in [1.54, 1.807) is 25.1 Å². The van der Waals surface area contributed by atoms with E-state index >= 15 is 0 Å². The highest BCUT2D eigenvalue weighted by molar-refractivity contribution is 5.79. The summed E-state index contributed by atoms with van der Waals surface area (Å²) in [6.45, 7) is 1.81. The summed E-state index contributed by atoms with van der Waals surface area (Å²) in [6.07, 6.45) is -0.494. The minimum absolute atomic E-state index is 0.442. The predicted molar refractivity (Wildman–Crippen MR) is 54.3 cm³/mol. The Morgan fingerprint density at radius 3 is 2.53 bits per heavy atom. The highest BCUT2D eigenvalue weighted by Crippen LogP contribution is 2.57. The molecule has 15 heavy (non-hydrogen) atoms. The van der Waals surface area contributed by atoms with Crippen LogP contribution in [0.2, 0.25) is 0 Å². The molecule has 0 heterocycles. The van der Waals surface area contributed by atoms with Crippen LogP contribution < -0.4 is 0 Å². The third-order valence-corrected chi connectivity index (χ3v) is 3.16. The third kappa shape index (κ3) is 1.52. The molecular formula is C12H13FO2. The Morgan fingerprint density at radius 1 is 1.47 bits per heavy atom. The molecule has 1 N–H and O–H groups in total. The molecule has 1 fully saturated rings. The second kappa shape index (κ2) is 3.33. The zero-order chi connectivity index (χ0) is 11.1. The van der Waals surface area contributed by atoms with E-state index in [2.05, 4.69) is 0 Å². The summed E-state index contributed by atoms with van der Waals surface area (Å²) in [5.74, 6) is -1.02. The van der Waals surface area contributed by atoms with Crippen LogP contribution in [0.25, 0.3) is 0 Å². The van der Waals surface area contributed by atoms with Gasteiger partial charge in [0.2, 0.25) is 0 Å². The molecule has 80 valence electrons. The van der Waals surface area contributed by atoms with Crippen molar-refractivity contribution in [2.24, 2.45) is 5.41 Å². The van der Waals surface area contributed by atoms with Gasteiger partial charge < -0.3 is 5.11 Å². The van der Waals surface area contributed by atoms with Crippen LogP contribution in [-0.2, 0) is 4.79 Å². The summed E-state index contributed by atoms with van der Waals surface area (Å²) < 4.78 is 14.1. The second-order valence-corrected chi connectivity index (χ2v) is 4.18. The van der Waals surface area contributed by atoms with Gasteiger partial charge in [-0.1, -0.05) is 24.3 Å². The van der Waals surface area contributed by atoms with Crippen molar-refractivity contribution in [3.8, 4) is 0 Å². The van der Waals surface area contributed by atoms with Crippen LogP contribution in [0.3, 0.4) is 0 Å². The van der Waals surface area contributed by atoms with E-state index in [9.17, 15) is 9.18 Å². The van der Waals surface area contributed by atoms with Gasteiger partial charge in [0.1, 0.15) is 11.6 Å². The number of carboxylic acids is 1. The van der Waals surface area contributed by atoms with Crippen molar-refractivity contribution < 1.29 is 14.3 Å². The van der Waals surface area contributed by atoms with E-state index in [0.717, 1.165) is 5.56 Å². The van der Waals surface area contributed by atoms with E-state index < -0.39 is 17.6 Å². The molecule has 0 saturated heterocycles. The van der Waals surface area contributed by atoms with Crippen molar-refractivity contribution in [1.29, 1.82) is 0 Å². The zero-order valence-electron chi connectivity index (χ0n) is 8.53. The molecule has 2 nitrogen and oxygen atoms in total. The molecule has 1 unspecified atom stereocenters. The summed E-state index contributed by atoms with van der Waals surface area (Å²) in [5.41, 5.74) is 0.182. The van der Waals surface area contributed by atoms with Gasteiger partial charge in [-0.15, -0.1) is 0 Å². The fourth-order valence-corrected chi connectivity index (χ4v) is 1.88. The highest BCUT2D eigenvalue weighted by atomic mass is 19.1. The highest BCUT2D eigenvalue weighted by Gasteiger charge is 2.57. The molecule has 0 aliphatic heterocycles. The summed E-state index contributed by atoms with van der Waals surface area (Å²) in [4.78, 5) is 11.0. The van der Waals surface area contributed by atoms with Crippen molar-refractivity contribution in [2.45, 2.75) is 25.9 Å². The van der Waals surface area contributed by atoms with E-state index in [1.165, 1.54) is 0 Å². The Bertz CT molecular complexity index is 396. The van der Waals surface area contributed by atoms with Gasteiger partial charge in [0.15, 0.2) is 0 Å². The first kappa shape index (κ1) is 10.1. The van der Waals surface area contributed by atoms with E-state index in [4.69, 9.17) is 5.11 Å². The Kier molecular flexibility index (Phi) is 2.25. The second-order valence-electron chi connectivity index (χ2n) is 4.18. The third-order valence-electron chi connectivity index (χ3n) is 3.16. The average Bonchev–Trinajstić information content (AvgIpc) is 2.98. The SMILES string of the molecule is Cc1ccccc1C(F)C1(C(=O)O)CC1. The van der Waals surface area contributed by atoms with Gasteiger partial charge in [-0.2, -0.15) is 0 Å². The lowest BCUT2D eigenvalue weighted by Crippen LogP contribution is -2.21. The fourth-order valence-electron chi connectivity index (χ4n) is 1.88. The summed E-state index contributed by atoms with van der Waals surface area (Å²) in [7, 11) is 0. The van der Waals surface area contributed by atoms with E-state index in [1.807, 2.05) is 6.07 Å². The fraction of sp³-hybridized carbons (Fsp3) is 0.417. The molecule has 0 bridgehead atoms. The van der Waals surface area contributed by atoms with Gasteiger partial charge in [-0.25, -0.2) is 4.39 Å². The maximum absolute atomic E-state index is 14.1. The first-order chi connectivity index (χ1) is 7.08. The number of hydrogen-bond donors (Lipinski definition) is 1. The number of aryl methyl sites for hydroxylation is 1. The van der Waals surface area contributed by atoms with E-state index in [-0.39, 0.29) is 0 Å². The van der Waals surface area contributed by atoms with Crippen LogP contribution in [0.1, 0.15) is 30.1 Å². The Balaban J connectivity index is 2.33. The average molecular weight is 208 g/mol. The van der Waals surface area contributed by atoms with Crippen LogP contribution in [0, 0.1) is 12.3 Å². The number of halogens is 1. The summed E-state index contributed by atoms with van der Waals surface area (Å²) >= 11 is 0. The molecule has 1 atom stereocenters. The van der Waals surface area contributed by atoms with Crippen molar-refractivity contribution in [3.63, 3.8) is 0 Å². The number of carboxylic acid groups (broad SMARTS) is 1. The first-order valence-corrected chi connectivity index (χ1v) is 5.01. The van der Waals surface area contributed by atoms with Crippen molar-refractivity contribution in [3.05, 3.63) is 35.4 Å². The first-order valence-electron chi connectivity index (χ1n) is 5.01. The lowest BCUT2D eigenvalue weighted by molar-refractivity contribution is -0.146. The van der Waals surface area contributed by atoms with E-state index in [0.29, 0.717) is 18.4 Å². The molecule has 1 saturated carbocycles. The number of rotatable bonds is 3. The minimum Gasteiger partial charge on any atom is -0.481 e. The summed E-state index contributed by atoms with van der Waals surface area (Å²) in [6, 6.07) is 7.04. The Hall–Kier alpha value is -1.38. The normalized spacial score (nSPS) is 19.6. The molecule has 0 aromatic heterocycles. The molecule has 1 aliphatic rings. The lowest BCUT2D eigenvalue weighted by atomic mass is 9.91. The van der Waals surface area contributed by atoms with Gasteiger partial charge in [-0.3, -0.25) is 4.79 Å². The Labute approximate surface area is 87.7 Å². The van der Waals surface area contributed by atoms with Gasteiger partial charge in [0, 0.05) is 0 Å². The largest absolute Gasteiger partial charge is 0.481 e. The van der Waals surface area contributed by atoms with Crippen LogP contribution in [0.4, 0.5) is 4.39 Å². The lowest BCUT2D eigenvalue weighted by Gasteiger charge is -2.17. The van der Waals surface area contributed by atoms with Gasteiger partial charge >= 0.3 is 5.97 Å². The predicted octanol–water partition coefficient (Wildman–Crippen LogP) is 2.87. The maximum atomic E-state index is 14.1. The number of benzene rings is 1. The van der Waals surface area contributed by atoms with Crippen LogP contribution in [-0.4, -0.2) is 11.1 Å². The van der Waals surface area contributed by atoms with Gasteiger partial charge in [0.05, 0.1) is 0 Å². The molecule has 1 aromatic rings. The number of aliphatic carboxylic acids is 1. The smallest absolute Gasteiger partial charge is 0.312 e. The number of hydrogen-bond acceptors (Lipinski definition) is 1. The minimum atomic E-state index is -1.38. The Morgan fingerprint density at radius 2 is 2.07 bits per heavy atom. The van der Waals surface area contributed by atoms with Crippen LogP contribution >= 0.6 is 0 Å². The van der Waals surface area contributed by atoms with Crippen molar-refractivity contribution in [1.82, 2.24) is 0 Å². The van der Waals surface area contributed by atoms with Gasteiger partial charge in [0.25, 0.3) is 0 Å². The quantitative estimate of drug-likeness (QED) is 0.829. The maximum Gasteiger partial charge on any atom is 0.312 e.